The molecule has 2 heterocycles. The van der Waals surface area contributed by atoms with Crippen LogP contribution in [0.3, 0.4) is 0 Å². The maximum Gasteiger partial charge on any atom is 0.113 e. The van der Waals surface area contributed by atoms with Crippen LogP contribution in [0.15, 0.2) is 24.5 Å². The lowest BCUT2D eigenvalue weighted by Crippen LogP contribution is -1.90. The minimum atomic E-state index is 0.915. The zero-order valence-electron chi connectivity index (χ0n) is 7.10. The molecule has 0 saturated heterocycles. The van der Waals surface area contributed by atoms with Gasteiger partial charge < -0.3 is 0 Å². The van der Waals surface area contributed by atoms with Crippen molar-refractivity contribution in [3.05, 3.63) is 24.5 Å². The van der Waals surface area contributed by atoms with Crippen molar-refractivity contribution in [2.45, 2.75) is 0 Å². The first kappa shape index (κ1) is 7.09. The average molecular weight is 162 g/mol. The quantitative estimate of drug-likeness (QED) is 0.622. The van der Waals surface area contributed by atoms with E-state index in [-0.39, 0.29) is 0 Å². The zero-order valence-corrected chi connectivity index (χ0v) is 7.10. The molecule has 0 saturated carbocycles. The molecule has 0 fully saturated rings. The molecule has 0 bridgehead atoms. The van der Waals surface area contributed by atoms with Crippen LogP contribution in [-0.4, -0.2) is 19.6 Å². The lowest BCUT2D eigenvalue weighted by atomic mass is 10.3. The number of aryl methyl sites for hydroxylation is 2. The predicted molar refractivity (Wildman–Crippen MR) is 45.4 cm³/mol. The fraction of sp³-hybridized carbons (Fsp3) is 0.250. The first-order valence-electron chi connectivity index (χ1n) is 3.75. The van der Waals surface area contributed by atoms with Crippen LogP contribution in [0.4, 0.5) is 0 Å². The van der Waals surface area contributed by atoms with Crippen LogP contribution in [0.5, 0.6) is 0 Å². The summed E-state index contributed by atoms with van der Waals surface area (Å²) in [5.41, 5.74) is 1.83. The predicted octanol–water partition coefficient (Wildman–Crippen LogP) is 0.821. The van der Waals surface area contributed by atoms with Crippen molar-refractivity contribution in [1.29, 1.82) is 0 Å². The highest BCUT2D eigenvalue weighted by atomic mass is 15.3. The fourth-order valence-corrected chi connectivity index (χ4v) is 1.10. The van der Waals surface area contributed by atoms with Gasteiger partial charge in [-0.2, -0.15) is 10.2 Å². The van der Waals surface area contributed by atoms with Gasteiger partial charge in [0.05, 0.1) is 0 Å². The second-order valence-corrected chi connectivity index (χ2v) is 2.75. The third-order valence-corrected chi connectivity index (χ3v) is 1.69. The normalized spacial score (nSPS) is 10.5. The topological polar surface area (TPSA) is 35.6 Å². The van der Waals surface area contributed by atoms with Gasteiger partial charge in [0.15, 0.2) is 0 Å². The summed E-state index contributed by atoms with van der Waals surface area (Å²) < 4.78 is 3.54. The second kappa shape index (κ2) is 2.48. The van der Waals surface area contributed by atoms with Crippen LogP contribution in [0.1, 0.15) is 0 Å². The van der Waals surface area contributed by atoms with Crippen molar-refractivity contribution in [2.24, 2.45) is 14.1 Å². The summed E-state index contributed by atoms with van der Waals surface area (Å²) >= 11 is 0. The van der Waals surface area contributed by atoms with Crippen LogP contribution in [0, 0.1) is 0 Å². The smallest absolute Gasteiger partial charge is 0.113 e. The molecule has 2 aromatic rings. The number of rotatable bonds is 1. The number of hydrogen-bond donors (Lipinski definition) is 0. The molecule has 0 aliphatic heterocycles. The van der Waals surface area contributed by atoms with Crippen LogP contribution >= 0.6 is 0 Å². The molecule has 0 aromatic carbocycles. The van der Waals surface area contributed by atoms with Crippen LogP contribution in [0.2, 0.25) is 0 Å². The van der Waals surface area contributed by atoms with E-state index in [9.17, 15) is 0 Å². The Labute approximate surface area is 70.4 Å². The number of hydrogen-bond acceptors (Lipinski definition) is 2. The van der Waals surface area contributed by atoms with E-state index >= 15 is 0 Å². The molecule has 12 heavy (non-hydrogen) atoms. The lowest BCUT2D eigenvalue weighted by Gasteiger charge is -1.88. The molecular formula is C8H10N4. The van der Waals surface area contributed by atoms with Crippen LogP contribution in [0.25, 0.3) is 11.4 Å². The summed E-state index contributed by atoms with van der Waals surface area (Å²) in [6.07, 6.45) is 3.81. The molecule has 0 unspecified atom stereocenters. The highest BCUT2D eigenvalue weighted by molar-refractivity contribution is 5.52. The summed E-state index contributed by atoms with van der Waals surface area (Å²) in [6, 6.07) is 3.89. The van der Waals surface area contributed by atoms with E-state index in [0.717, 1.165) is 11.4 Å². The van der Waals surface area contributed by atoms with E-state index < -0.39 is 0 Å². The van der Waals surface area contributed by atoms with Gasteiger partial charge in [0.2, 0.25) is 0 Å². The monoisotopic (exact) mass is 162 g/mol. The van der Waals surface area contributed by atoms with Gasteiger partial charge in [-0.3, -0.25) is 9.36 Å². The molecule has 0 aliphatic rings. The zero-order chi connectivity index (χ0) is 8.55. The molecule has 0 amide bonds. The molecule has 0 aliphatic carbocycles. The van der Waals surface area contributed by atoms with E-state index in [1.54, 1.807) is 9.36 Å². The maximum absolute atomic E-state index is 4.24. The lowest BCUT2D eigenvalue weighted by molar-refractivity contribution is 0.756. The van der Waals surface area contributed by atoms with Gasteiger partial charge in [-0.1, -0.05) is 0 Å². The van der Waals surface area contributed by atoms with Crippen molar-refractivity contribution in [3.8, 4) is 11.4 Å². The molecule has 0 radical (unpaired) electrons. The molecule has 4 heteroatoms. The van der Waals surface area contributed by atoms with E-state index in [2.05, 4.69) is 10.2 Å². The first-order chi connectivity index (χ1) is 5.75. The van der Waals surface area contributed by atoms with Gasteiger partial charge in [-0.15, -0.1) is 0 Å². The summed E-state index contributed by atoms with van der Waals surface area (Å²) in [6.45, 7) is 0. The van der Waals surface area contributed by atoms with Crippen LogP contribution < -0.4 is 0 Å². The van der Waals surface area contributed by atoms with E-state index in [1.165, 1.54) is 0 Å². The Morgan fingerprint density at radius 2 is 1.33 bits per heavy atom. The SMILES string of the molecule is Cn1ccc(-c2ccn(C)n2)n1. The standard InChI is InChI=1S/C8H10N4/c1-11-5-3-7(9-11)8-4-6-12(2)10-8/h3-6H,1-2H3. The van der Waals surface area contributed by atoms with Gasteiger partial charge in [-0.25, -0.2) is 0 Å². The minimum absolute atomic E-state index is 0.915. The average Bonchev–Trinajstić information content (AvgIpc) is 2.58. The third-order valence-electron chi connectivity index (χ3n) is 1.69. The second-order valence-electron chi connectivity index (χ2n) is 2.75. The highest BCUT2D eigenvalue weighted by Crippen LogP contribution is 2.12. The van der Waals surface area contributed by atoms with Crippen molar-refractivity contribution in [3.63, 3.8) is 0 Å². The van der Waals surface area contributed by atoms with Crippen molar-refractivity contribution < 1.29 is 0 Å². The van der Waals surface area contributed by atoms with Gasteiger partial charge in [0.1, 0.15) is 11.4 Å². The van der Waals surface area contributed by atoms with Gasteiger partial charge in [-0.05, 0) is 12.1 Å². The van der Waals surface area contributed by atoms with E-state index in [0.29, 0.717) is 0 Å². The molecule has 62 valence electrons. The molecule has 2 rings (SSSR count). The summed E-state index contributed by atoms with van der Waals surface area (Å²) in [4.78, 5) is 0. The summed E-state index contributed by atoms with van der Waals surface area (Å²) in [5, 5.41) is 8.47. The van der Waals surface area contributed by atoms with E-state index in [4.69, 9.17) is 0 Å². The Hall–Kier alpha value is -1.58. The van der Waals surface area contributed by atoms with Gasteiger partial charge in [0, 0.05) is 26.5 Å². The number of aromatic nitrogens is 4. The molecule has 2 aromatic heterocycles. The van der Waals surface area contributed by atoms with Crippen molar-refractivity contribution in [2.75, 3.05) is 0 Å². The highest BCUT2D eigenvalue weighted by Gasteiger charge is 2.02. The molecule has 0 spiro atoms. The minimum Gasteiger partial charge on any atom is -0.275 e. The Bertz CT molecular complexity index is 347. The Balaban J connectivity index is 2.43. The van der Waals surface area contributed by atoms with Crippen molar-refractivity contribution >= 4 is 0 Å². The Morgan fingerprint density at radius 3 is 1.58 bits per heavy atom. The Morgan fingerprint density at radius 1 is 0.917 bits per heavy atom. The maximum atomic E-state index is 4.24. The van der Waals surface area contributed by atoms with Gasteiger partial charge in [0.25, 0.3) is 0 Å². The molecule has 0 atom stereocenters. The first-order valence-corrected chi connectivity index (χ1v) is 3.75. The third kappa shape index (κ3) is 1.11. The number of nitrogens with zero attached hydrogens (tertiary/aromatic N) is 4. The fourth-order valence-electron chi connectivity index (χ4n) is 1.10. The summed E-state index contributed by atoms with van der Waals surface area (Å²) in [5.74, 6) is 0. The van der Waals surface area contributed by atoms with Gasteiger partial charge >= 0.3 is 0 Å². The summed E-state index contributed by atoms with van der Waals surface area (Å²) in [7, 11) is 3.79. The van der Waals surface area contributed by atoms with E-state index in [1.807, 2.05) is 38.6 Å². The molecule has 4 nitrogen and oxygen atoms in total. The van der Waals surface area contributed by atoms with Crippen LogP contribution in [-0.2, 0) is 14.1 Å². The van der Waals surface area contributed by atoms with Crippen molar-refractivity contribution in [1.82, 2.24) is 19.6 Å². The molecular weight excluding hydrogens is 152 g/mol. The Kier molecular flexibility index (Phi) is 1.46. The largest absolute Gasteiger partial charge is 0.275 e. The molecule has 0 N–H and O–H groups in total.